The highest BCUT2D eigenvalue weighted by molar-refractivity contribution is 5.85. The van der Waals surface area contributed by atoms with E-state index >= 15 is 0 Å². The lowest BCUT2D eigenvalue weighted by Gasteiger charge is -2.07. The third kappa shape index (κ3) is 2.60. The molecule has 1 N–H and O–H groups in total. The van der Waals surface area contributed by atoms with E-state index in [1.165, 1.54) is 6.92 Å². The lowest BCUT2D eigenvalue weighted by atomic mass is 10.4. The maximum atomic E-state index is 11.1. The van der Waals surface area contributed by atoms with E-state index < -0.39 is 12.2 Å². The van der Waals surface area contributed by atoms with Crippen molar-refractivity contribution in [1.82, 2.24) is 5.32 Å². The number of rotatable bonds is 3. The highest BCUT2D eigenvalue weighted by Crippen LogP contribution is 1.97. The molecule has 1 atom stereocenters. The van der Waals surface area contributed by atoms with Crippen molar-refractivity contribution in [1.29, 1.82) is 0 Å². The molecule has 5 nitrogen and oxygen atoms in total. The van der Waals surface area contributed by atoms with E-state index in [1.807, 2.05) is 0 Å². The molecule has 0 aromatic heterocycles. The molecule has 12 heavy (non-hydrogen) atoms. The van der Waals surface area contributed by atoms with Crippen LogP contribution in [0.3, 0.4) is 0 Å². The van der Waals surface area contributed by atoms with Gasteiger partial charge in [0, 0.05) is 13.5 Å². The van der Waals surface area contributed by atoms with E-state index in [1.54, 1.807) is 0 Å². The van der Waals surface area contributed by atoms with Gasteiger partial charge in [0.15, 0.2) is 12.8 Å². The second kappa shape index (κ2) is 4.18. The summed E-state index contributed by atoms with van der Waals surface area (Å²) < 4.78 is 9.50. The van der Waals surface area contributed by atoms with Gasteiger partial charge in [-0.1, -0.05) is 0 Å². The first-order valence-corrected chi connectivity index (χ1v) is 3.71. The molecule has 68 valence electrons. The van der Waals surface area contributed by atoms with Crippen LogP contribution in [0.25, 0.3) is 0 Å². The summed E-state index contributed by atoms with van der Waals surface area (Å²) in [6, 6.07) is 0. The molecule has 1 unspecified atom stereocenters. The molecule has 1 fully saturated rings. The minimum absolute atomic E-state index is 0.215. The molecule has 0 spiro atoms. The Morgan fingerprint density at radius 1 is 1.67 bits per heavy atom. The number of nitrogens with one attached hydrogen (secondary N) is 1. The number of Topliss-reactive ketones (excluding diaryl/α,β-unsaturated/α-hetero) is 1. The number of ketones is 1. The van der Waals surface area contributed by atoms with Crippen molar-refractivity contribution in [3.63, 3.8) is 0 Å². The Bertz CT molecular complexity index is 186. The van der Waals surface area contributed by atoms with Crippen molar-refractivity contribution in [3.8, 4) is 0 Å². The quantitative estimate of drug-likeness (QED) is 0.558. The van der Waals surface area contributed by atoms with Gasteiger partial charge in [-0.25, -0.2) is 0 Å². The summed E-state index contributed by atoms with van der Waals surface area (Å²) in [6.45, 7) is 2.23. The minimum atomic E-state index is -0.593. The summed E-state index contributed by atoms with van der Waals surface area (Å²) in [6.07, 6.45) is -0.593. The molecule has 1 aliphatic heterocycles. The zero-order valence-corrected chi connectivity index (χ0v) is 6.83. The van der Waals surface area contributed by atoms with Crippen molar-refractivity contribution in [2.45, 2.75) is 13.2 Å². The molecule has 0 aliphatic carbocycles. The molecule has 1 heterocycles. The van der Waals surface area contributed by atoms with Crippen LogP contribution in [0.5, 0.6) is 0 Å². The van der Waals surface area contributed by atoms with Gasteiger partial charge in [0.1, 0.15) is 0 Å². The number of carbonyl (C=O) groups excluding carboxylic acids is 2. The summed E-state index contributed by atoms with van der Waals surface area (Å²) in [7, 11) is 0. The molecular formula is C7H11NO4. The van der Waals surface area contributed by atoms with Crippen molar-refractivity contribution >= 4 is 11.8 Å². The Balaban J connectivity index is 2.23. The van der Waals surface area contributed by atoms with Gasteiger partial charge < -0.3 is 9.47 Å². The number of carbonyl (C=O) groups is 2. The molecule has 0 aromatic rings. The molecule has 0 amide bonds. The first-order chi connectivity index (χ1) is 5.70. The predicted octanol–water partition coefficient (Wildman–Crippen LogP) is -0.935. The van der Waals surface area contributed by atoms with Crippen molar-refractivity contribution in [2.75, 3.05) is 19.8 Å². The van der Waals surface area contributed by atoms with E-state index in [-0.39, 0.29) is 12.4 Å². The van der Waals surface area contributed by atoms with Gasteiger partial charge in [-0.05, 0) is 0 Å². The number of ether oxygens (including phenoxy) is 2. The van der Waals surface area contributed by atoms with Gasteiger partial charge in [0.25, 0.3) is 0 Å². The van der Waals surface area contributed by atoms with Crippen LogP contribution < -0.4 is 5.32 Å². The van der Waals surface area contributed by atoms with E-state index in [0.29, 0.717) is 13.2 Å². The SMILES string of the molecule is CC(=O)OCC(=O)C1NCCO1. The van der Waals surface area contributed by atoms with Crippen LogP contribution in [0.15, 0.2) is 0 Å². The van der Waals surface area contributed by atoms with E-state index in [9.17, 15) is 9.59 Å². The first-order valence-electron chi connectivity index (χ1n) is 3.71. The molecular weight excluding hydrogens is 162 g/mol. The van der Waals surface area contributed by atoms with Gasteiger partial charge >= 0.3 is 5.97 Å². The number of esters is 1. The first kappa shape index (κ1) is 9.15. The van der Waals surface area contributed by atoms with Crippen LogP contribution >= 0.6 is 0 Å². The predicted molar refractivity (Wildman–Crippen MR) is 39.4 cm³/mol. The fourth-order valence-corrected chi connectivity index (χ4v) is 0.881. The molecule has 1 aliphatic rings. The smallest absolute Gasteiger partial charge is 0.303 e. The summed E-state index contributed by atoms with van der Waals surface area (Å²) in [5, 5.41) is 2.82. The largest absolute Gasteiger partial charge is 0.458 e. The van der Waals surface area contributed by atoms with Crippen LogP contribution in [0.4, 0.5) is 0 Å². The lowest BCUT2D eigenvalue weighted by molar-refractivity contribution is -0.148. The van der Waals surface area contributed by atoms with Crippen LogP contribution in [0, 0.1) is 0 Å². The Morgan fingerprint density at radius 3 is 2.92 bits per heavy atom. The van der Waals surface area contributed by atoms with Crippen molar-refractivity contribution < 1.29 is 19.1 Å². The molecule has 0 saturated carbocycles. The van der Waals surface area contributed by atoms with Gasteiger partial charge in [0.2, 0.25) is 5.78 Å². The maximum Gasteiger partial charge on any atom is 0.303 e. The zero-order valence-electron chi connectivity index (χ0n) is 6.83. The van der Waals surface area contributed by atoms with E-state index in [4.69, 9.17) is 4.74 Å². The second-order valence-electron chi connectivity index (χ2n) is 2.45. The standard InChI is InChI=1S/C7H11NO4/c1-5(9)12-4-6(10)7-8-2-3-11-7/h7-8H,2-4H2,1H3. The monoisotopic (exact) mass is 173 g/mol. The Hall–Kier alpha value is -0.940. The number of hydrogen-bond donors (Lipinski definition) is 1. The highest BCUT2D eigenvalue weighted by atomic mass is 16.5. The van der Waals surface area contributed by atoms with Gasteiger partial charge in [-0.15, -0.1) is 0 Å². The van der Waals surface area contributed by atoms with Gasteiger partial charge in [0.05, 0.1) is 6.61 Å². The zero-order chi connectivity index (χ0) is 8.97. The van der Waals surface area contributed by atoms with E-state index in [2.05, 4.69) is 10.1 Å². The topological polar surface area (TPSA) is 64.6 Å². The Labute approximate surface area is 70.0 Å². The number of hydrogen-bond acceptors (Lipinski definition) is 5. The maximum absolute atomic E-state index is 11.1. The summed E-state index contributed by atoms with van der Waals surface area (Å²) in [5.41, 5.74) is 0. The normalized spacial score (nSPS) is 22.2. The molecule has 5 heteroatoms. The van der Waals surface area contributed by atoms with Gasteiger partial charge in [-0.2, -0.15) is 0 Å². The fraction of sp³-hybridized carbons (Fsp3) is 0.714. The minimum Gasteiger partial charge on any atom is -0.458 e. The highest BCUT2D eigenvalue weighted by Gasteiger charge is 2.23. The van der Waals surface area contributed by atoms with E-state index in [0.717, 1.165) is 0 Å². The van der Waals surface area contributed by atoms with Crippen LogP contribution in [0.2, 0.25) is 0 Å². The Morgan fingerprint density at radius 2 is 2.42 bits per heavy atom. The molecule has 0 radical (unpaired) electrons. The van der Waals surface area contributed by atoms with Crippen molar-refractivity contribution in [2.24, 2.45) is 0 Å². The summed E-state index contributed by atoms with van der Waals surface area (Å²) in [5.74, 6) is -0.705. The van der Waals surface area contributed by atoms with Crippen LogP contribution in [0.1, 0.15) is 6.92 Å². The van der Waals surface area contributed by atoms with Crippen molar-refractivity contribution in [3.05, 3.63) is 0 Å². The molecule has 0 aromatic carbocycles. The third-order valence-electron chi connectivity index (χ3n) is 1.43. The molecule has 1 rings (SSSR count). The average molecular weight is 173 g/mol. The summed E-state index contributed by atoms with van der Waals surface area (Å²) >= 11 is 0. The lowest BCUT2D eigenvalue weighted by Crippen LogP contribution is -2.35. The molecule has 1 saturated heterocycles. The molecule has 0 bridgehead atoms. The fourth-order valence-electron chi connectivity index (χ4n) is 0.881. The Kier molecular flexibility index (Phi) is 3.19. The van der Waals surface area contributed by atoms with Crippen LogP contribution in [-0.4, -0.2) is 37.7 Å². The van der Waals surface area contributed by atoms with Gasteiger partial charge in [-0.3, -0.25) is 14.9 Å². The summed E-state index contributed by atoms with van der Waals surface area (Å²) in [4.78, 5) is 21.4. The third-order valence-corrected chi connectivity index (χ3v) is 1.43. The van der Waals surface area contributed by atoms with Crippen LogP contribution in [-0.2, 0) is 19.1 Å². The average Bonchev–Trinajstić information content (AvgIpc) is 2.51. The second-order valence-corrected chi connectivity index (χ2v) is 2.45.